The molecule has 1 N–H and O–H groups in total. The molecule has 4 nitrogen and oxygen atoms in total. The van der Waals surface area contributed by atoms with Crippen LogP contribution >= 0.6 is 0 Å². The van der Waals surface area contributed by atoms with Crippen molar-refractivity contribution in [2.75, 3.05) is 13.7 Å². The van der Waals surface area contributed by atoms with E-state index < -0.39 is 5.97 Å². The fourth-order valence-corrected chi connectivity index (χ4v) is 2.71. The summed E-state index contributed by atoms with van der Waals surface area (Å²) in [5, 5.41) is 9.23. The van der Waals surface area contributed by atoms with Crippen molar-refractivity contribution in [2.24, 2.45) is 0 Å². The van der Waals surface area contributed by atoms with Crippen LogP contribution in [0.3, 0.4) is 0 Å². The van der Waals surface area contributed by atoms with Gasteiger partial charge in [0.25, 0.3) is 0 Å². The molecule has 0 saturated carbocycles. The quantitative estimate of drug-likeness (QED) is 0.889. The number of hydrogen-bond acceptors (Lipinski definition) is 3. The second-order valence-corrected chi connectivity index (χ2v) is 4.65. The first-order valence-corrected chi connectivity index (χ1v) is 6.26. The predicted molar refractivity (Wildman–Crippen MR) is 68.8 cm³/mol. The number of hydrogen-bond donors (Lipinski definition) is 1. The van der Waals surface area contributed by atoms with Crippen LogP contribution in [0.1, 0.15) is 31.4 Å². The van der Waals surface area contributed by atoms with Crippen LogP contribution in [0.4, 0.5) is 0 Å². The van der Waals surface area contributed by atoms with Gasteiger partial charge in [-0.05, 0) is 32.4 Å². The van der Waals surface area contributed by atoms with Crippen molar-refractivity contribution < 1.29 is 14.6 Å². The lowest BCUT2D eigenvalue weighted by Crippen LogP contribution is -2.37. The Bertz CT molecular complexity index is 433. The van der Waals surface area contributed by atoms with E-state index in [1.165, 1.54) is 0 Å². The highest BCUT2D eigenvalue weighted by molar-refractivity contribution is 5.74. The Morgan fingerprint density at radius 3 is 2.89 bits per heavy atom. The first kappa shape index (κ1) is 12.9. The Morgan fingerprint density at radius 2 is 2.22 bits per heavy atom. The molecule has 2 atom stereocenters. The van der Waals surface area contributed by atoms with Gasteiger partial charge in [-0.2, -0.15) is 0 Å². The van der Waals surface area contributed by atoms with Crippen LogP contribution in [0.5, 0.6) is 5.75 Å². The van der Waals surface area contributed by atoms with Gasteiger partial charge in [0.05, 0.1) is 7.11 Å². The van der Waals surface area contributed by atoms with Crippen LogP contribution in [-0.2, 0) is 4.79 Å². The first-order chi connectivity index (χ1) is 8.65. The third-order valence-corrected chi connectivity index (χ3v) is 3.67. The second-order valence-electron chi connectivity index (χ2n) is 4.65. The molecule has 1 heterocycles. The maximum Gasteiger partial charge on any atom is 0.320 e. The van der Waals surface area contributed by atoms with E-state index in [1.54, 1.807) is 7.11 Å². The van der Waals surface area contributed by atoms with E-state index in [0.29, 0.717) is 0 Å². The number of benzene rings is 1. The van der Waals surface area contributed by atoms with E-state index in [-0.39, 0.29) is 12.1 Å². The number of ether oxygens (including phenoxy) is 1. The monoisotopic (exact) mass is 249 g/mol. The molecule has 4 heteroatoms. The van der Waals surface area contributed by atoms with Gasteiger partial charge >= 0.3 is 5.97 Å². The molecule has 18 heavy (non-hydrogen) atoms. The molecular weight excluding hydrogens is 230 g/mol. The molecule has 98 valence electrons. The summed E-state index contributed by atoms with van der Waals surface area (Å²) in [6.45, 7) is 2.87. The number of rotatable bonds is 4. The summed E-state index contributed by atoms with van der Waals surface area (Å²) in [6, 6.07) is 7.49. The summed E-state index contributed by atoms with van der Waals surface area (Å²) in [4.78, 5) is 13.3. The molecule has 0 amide bonds. The summed E-state index contributed by atoms with van der Waals surface area (Å²) in [6.07, 6.45) is 1.67. The molecule has 0 aliphatic carbocycles. The molecule has 0 bridgehead atoms. The van der Waals surface area contributed by atoms with Crippen molar-refractivity contribution in [1.29, 1.82) is 0 Å². The summed E-state index contributed by atoms with van der Waals surface area (Å²) in [7, 11) is 1.64. The number of carboxylic acid groups (broad SMARTS) is 1. The molecular formula is C14H19NO3. The van der Waals surface area contributed by atoms with Gasteiger partial charge in [-0.1, -0.05) is 18.2 Å². The number of nitrogens with zero attached hydrogens (tertiary/aromatic N) is 1. The molecule has 1 aromatic rings. The van der Waals surface area contributed by atoms with Crippen molar-refractivity contribution in [3.05, 3.63) is 29.8 Å². The summed E-state index contributed by atoms with van der Waals surface area (Å²) in [5.74, 6) is 0.0929. The number of methoxy groups -OCH3 is 1. The Morgan fingerprint density at radius 1 is 1.50 bits per heavy atom. The van der Waals surface area contributed by atoms with E-state index >= 15 is 0 Å². The topological polar surface area (TPSA) is 49.8 Å². The fraction of sp³-hybridized carbons (Fsp3) is 0.500. The van der Waals surface area contributed by atoms with Crippen molar-refractivity contribution in [3.8, 4) is 5.75 Å². The van der Waals surface area contributed by atoms with Crippen molar-refractivity contribution in [1.82, 2.24) is 4.90 Å². The summed E-state index contributed by atoms with van der Waals surface area (Å²) < 4.78 is 5.35. The van der Waals surface area contributed by atoms with Gasteiger partial charge in [0, 0.05) is 11.6 Å². The normalized spacial score (nSPS) is 21.8. The van der Waals surface area contributed by atoms with Crippen LogP contribution in [-0.4, -0.2) is 35.7 Å². The minimum atomic E-state index is -0.728. The van der Waals surface area contributed by atoms with Gasteiger partial charge in [-0.3, -0.25) is 9.69 Å². The number of aliphatic carboxylic acids is 1. The highest BCUT2D eigenvalue weighted by atomic mass is 16.5. The maximum absolute atomic E-state index is 11.2. The van der Waals surface area contributed by atoms with Crippen molar-refractivity contribution in [3.63, 3.8) is 0 Å². The molecule has 0 aromatic heterocycles. The molecule has 0 spiro atoms. The molecule has 1 fully saturated rings. The minimum Gasteiger partial charge on any atom is -0.496 e. The lowest BCUT2D eigenvalue weighted by atomic mass is 10.0. The van der Waals surface area contributed by atoms with Crippen LogP contribution in [0.2, 0.25) is 0 Å². The SMILES string of the molecule is COc1ccccc1C(C)N1CCCC1C(=O)O. The molecule has 2 unspecified atom stereocenters. The van der Waals surface area contributed by atoms with Crippen molar-refractivity contribution in [2.45, 2.75) is 31.8 Å². The highest BCUT2D eigenvalue weighted by Gasteiger charge is 2.34. The van der Waals surface area contributed by atoms with Gasteiger partial charge in [-0.15, -0.1) is 0 Å². The van der Waals surface area contributed by atoms with E-state index in [4.69, 9.17) is 4.74 Å². The van der Waals surface area contributed by atoms with E-state index in [9.17, 15) is 9.90 Å². The zero-order valence-electron chi connectivity index (χ0n) is 10.8. The number of carbonyl (C=O) groups is 1. The second kappa shape index (κ2) is 5.40. The third kappa shape index (κ3) is 2.34. The van der Waals surface area contributed by atoms with E-state index in [0.717, 1.165) is 30.7 Å². The summed E-state index contributed by atoms with van der Waals surface area (Å²) in [5.41, 5.74) is 1.05. The third-order valence-electron chi connectivity index (χ3n) is 3.67. The summed E-state index contributed by atoms with van der Waals surface area (Å²) >= 11 is 0. The van der Waals surface area contributed by atoms with Gasteiger partial charge in [0.15, 0.2) is 0 Å². The highest BCUT2D eigenvalue weighted by Crippen LogP contribution is 2.33. The van der Waals surface area contributed by atoms with Crippen LogP contribution in [0.15, 0.2) is 24.3 Å². The van der Waals surface area contributed by atoms with E-state index in [1.807, 2.05) is 36.1 Å². The van der Waals surface area contributed by atoms with Crippen LogP contribution < -0.4 is 4.74 Å². The average Bonchev–Trinajstić information content (AvgIpc) is 2.87. The van der Waals surface area contributed by atoms with Gasteiger partial charge in [0.1, 0.15) is 11.8 Å². The Kier molecular flexibility index (Phi) is 3.87. The average molecular weight is 249 g/mol. The Balaban J connectivity index is 2.25. The molecule has 2 rings (SSSR count). The number of likely N-dealkylation sites (tertiary alicyclic amines) is 1. The fourth-order valence-electron chi connectivity index (χ4n) is 2.71. The lowest BCUT2D eigenvalue weighted by Gasteiger charge is -2.29. The minimum absolute atomic E-state index is 0.0600. The molecule has 1 aliphatic heterocycles. The van der Waals surface area contributed by atoms with Crippen LogP contribution in [0, 0.1) is 0 Å². The number of carboxylic acids is 1. The largest absolute Gasteiger partial charge is 0.496 e. The maximum atomic E-state index is 11.2. The molecule has 0 radical (unpaired) electrons. The van der Waals surface area contributed by atoms with Crippen LogP contribution in [0.25, 0.3) is 0 Å². The van der Waals surface area contributed by atoms with Gasteiger partial charge in [-0.25, -0.2) is 0 Å². The van der Waals surface area contributed by atoms with E-state index in [2.05, 4.69) is 0 Å². The molecule has 1 aliphatic rings. The van der Waals surface area contributed by atoms with Gasteiger partial charge in [0.2, 0.25) is 0 Å². The first-order valence-electron chi connectivity index (χ1n) is 6.26. The van der Waals surface area contributed by atoms with Crippen molar-refractivity contribution >= 4 is 5.97 Å². The predicted octanol–water partition coefficient (Wildman–Crippen LogP) is 2.31. The Hall–Kier alpha value is -1.55. The smallest absolute Gasteiger partial charge is 0.320 e. The standard InChI is InChI=1S/C14H19NO3/c1-10(11-6-3-4-8-13(11)18-2)15-9-5-7-12(15)14(16)17/h3-4,6,8,10,12H,5,7,9H2,1-2H3,(H,16,17). The molecule has 1 aromatic carbocycles. The zero-order valence-corrected chi connectivity index (χ0v) is 10.8. The van der Waals surface area contributed by atoms with Gasteiger partial charge < -0.3 is 9.84 Å². The lowest BCUT2D eigenvalue weighted by molar-refractivity contribution is -0.142. The zero-order chi connectivity index (χ0) is 13.1. The molecule has 1 saturated heterocycles. The Labute approximate surface area is 107 Å². The number of para-hydroxylation sites is 1.